The largest absolute Gasteiger partial charge is 0.481 e. The number of carbonyl (C=O) groups excluding carboxylic acids is 1. The average molecular weight is 283 g/mol. The van der Waals surface area contributed by atoms with E-state index in [-0.39, 0.29) is 12.5 Å². The molecule has 0 aliphatic rings. The molecule has 1 aromatic rings. The predicted octanol–water partition coefficient (Wildman–Crippen LogP) is 2.69. The topological polar surface area (TPSA) is 66.4 Å². The van der Waals surface area contributed by atoms with E-state index in [4.69, 9.17) is 5.11 Å². The van der Waals surface area contributed by atoms with Crippen molar-refractivity contribution in [3.63, 3.8) is 0 Å². The molecule has 0 saturated carbocycles. The lowest BCUT2D eigenvalue weighted by molar-refractivity contribution is -0.148. The Hall–Kier alpha value is -1.36. The summed E-state index contributed by atoms with van der Waals surface area (Å²) < 4.78 is 0. The van der Waals surface area contributed by atoms with Crippen LogP contribution in [0.3, 0.4) is 0 Å². The molecule has 0 aliphatic carbocycles. The highest BCUT2D eigenvalue weighted by atomic mass is 32.1. The van der Waals surface area contributed by atoms with Crippen molar-refractivity contribution in [2.24, 2.45) is 5.41 Å². The van der Waals surface area contributed by atoms with Gasteiger partial charge in [0.2, 0.25) is 5.91 Å². The average Bonchev–Trinajstić information content (AvgIpc) is 2.89. The third-order valence-electron chi connectivity index (χ3n) is 3.38. The van der Waals surface area contributed by atoms with Crippen molar-refractivity contribution in [2.45, 2.75) is 39.5 Å². The maximum absolute atomic E-state index is 11.7. The molecule has 0 aliphatic heterocycles. The molecule has 5 heteroatoms. The van der Waals surface area contributed by atoms with Crippen LogP contribution in [0.4, 0.5) is 0 Å². The van der Waals surface area contributed by atoms with Crippen molar-refractivity contribution >= 4 is 23.2 Å². The van der Waals surface area contributed by atoms with Crippen molar-refractivity contribution in [2.75, 3.05) is 6.54 Å². The number of hydrogen-bond donors (Lipinski definition) is 2. The van der Waals surface area contributed by atoms with Crippen molar-refractivity contribution in [1.82, 2.24) is 5.32 Å². The minimum absolute atomic E-state index is 0.0718. The van der Waals surface area contributed by atoms with Crippen LogP contribution in [0.1, 0.15) is 38.0 Å². The molecule has 0 bridgehead atoms. The summed E-state index contributed by atoms with van der Waals surface area (Å²) in [4.78, 5) is 24.0. The number of carboxylic acids is 1. The second-order valence-corrected chi connectivity index (χ2v) is 5.96. The van der Waals surface area contributed by atoms with E-state index in [0.717, 1.165) is 12.8 Å². The van der Waals surface area contributed by atoms with Crippen LogP contribution in [0.15, 0.2) is 17.5 Å². The molecule has 0 fully saturated rings. The van der Waals surface area contributed by atoms with Crippen LogP contribution in [0, 0.1) is 5.41 Å². The molecular formula is C14H21NO3S. The minimum atomic E-state index is -0.872. The number of aryl methyl sites for hydroxylation is 1. The van der Waals surface area contributed by atoms with Gasteiger partial charge >= 0.3 is 5.97 Å². The van der Waals surface area contributed by atoms with Gasteiger partial charge < -0.3 is 10.4 Å². The zero-order valence-electron chi connectivity index (χ0n) is 11.4. The molecule has 0 aromatic carbocycles. The van der Waals surface area contributed by atoms with Crippen molar-refractivity contribution in [3.05, 3.63) is 22.4 Å². The molecule has 1 aromatic heterocycles. The molecular weight excluding hydrogens is 262 g/mol. The van der Waals surface area contributed by atoms with Crippen molar-refractivity contribution in [1.29, 1.82) is 0 Å². The Bertz CT molecular complexity index is 416. The Kier molecular flexibility index (Phi) is 6.02. The summed E-state index contributed by atoms with van der Waals surface area (Å²) in [5, 5.41) is 13.8. The van der Waals surface area contributed by atoms with Crippen molar-refractivity contribution in [3.8, 4) is 0 Å². The van der Waals surface area contributed by atoms with E-state index in [0.29, 0.717) is 12.8 Å². The summed E-state index contributed by atoms with van der Waals surface area (Å²) in [6.45, 7) is 3.66. The van der Waals surface area contributed by atoms with Gasteiger partial charge in [0.1, 0.15) is 0 Å². The molecule has 1 unspecified atom stereocenters. The lowest BCUT2D eigenvalue weighted by Crippen LogP contribution is -2.40. The first-order valence-electron chi connectivity index (χ1n) is 6.50. The van der Waals surface area contributed by atoms with Crippen molar-refractivity contribution < 1.29 is 14.7 Å². The highest BCUT2D eigenvalue weighted by Crippen LogP contribution is 2.20. The predicted molar refractivity (Wildman–Crippen MR) is 76.3 cm³/mol. The van der Waals surface area contributed by atoms with Gasteiger partial charge in [-0.3, -0.25) is 9.59 Å². The maximum Gasteiger partial charge on any atom is 0.311 e. The number of carboxylic acid groups (broad SMARTS) is 1. The first-order chi connectivity index (χ1) is 8.98. The van der Waals surface area contributed by atoms with Crippen LogP contribution >= 0.6 is 11.3 Å². The Morgan fingerprint density at radius 1 is 1.47 bits per heavy atom. The summed E-state index contributed by atoms with van der Waals surface area (Å²) >= 11 is 1.69. The summed E-state index contributed by atoms with van der Waals surface area (Å²) in [5.41, 5.74) is -0.872. The highest BCUT2D eigenvalue weighted by molar-refractivity contribution is 7.09. The normalized spacial score (nSPS) is 13.8. The zero-order chi connectivity index (χ0) is 14.3. The Labute approximate surface area is 117 Å². The first kappa shape index (κ1) is 15.7. The Morgan fingerprint density at radius 3 is 2.74 bits per heavy atom. The van der Waals surface area contributed by atoms with Gasteiger partial charge in [-0.1, -0.05) is 13.0 Å². The highest BCUT2D eigenvalue weighted by Gasteiger charge is 2.31. The minimum Gasteiger partial charge on any atom is -0.481 e. The van der Waals surface area contributed by atoms with Gasteiger partial charge in [-0.2, -0.15) is 0 Å². The third-order valence-corrected chi connectivity index (χ3v) is 4.32. The van der Waals surface area contributed by atoms with Crippen LogP contribution in [0.2, 0.25) is 0 Å². The fourth-order valence-corrected chi connectivity index (χ4v) is 2.36. The molecule has 1 rings (SSSR count). The molecule has 106 valence electrons. The Balaban J connectivity index is 2.26. The lowest BCUT2D eigenvalue weighted by Gasteiger charge is -2.23. The molecule has 0 spiro atoms. The first-order valence-corrected chi connectivity index (χ1v) is 7.38. The van der Waals surface area contributed by atoms with Crippen LogP contribution in [-0.2, 0) is 16.0 Å². The second kappa shape index (κ2) is 7.28. The van der Waals surface area contributed by atoms with Crippen LogP contribution < -0.4 is 5.32 Å². The van der Waals surface area contributed by atoms with Crippen LogP contribution in [0.25, 0.3) is 0 Å². The number of aliphatic carboxylic acids is 1. The van der Waals surface area contributed by atoms with E-state index < -0.39 is 11.4 Å². The van der Waals surface area contributed by atoms with Gasteiger partial charge in [-0.05, 0) is 37.6 Å². The SMILES string of the molecule is CCC(C)(CNC(=O)CCCc1cccs1)C(=O)O. The molecule has 1 heterocycles. The molecule has 0 saturated heterocycles. The van der Waals surface area contributed by atoms with Gasteiger partial charge in [0, 0.05) is 17.8 Å². The van der Waals surface area contributed by atoms with E-state index in [1.165, 1.54) is 4.88 Å². The standard InChI is InChI=1S/C14H21NO3S/c1-3-14(2,13(17)18)10-15-12(16)8-4-6-11-7-5-9-19-11/h5,7,9H,3-4,6,8,10H2,1-2H3,(H,15,16)(H,17,18). The molecule has 0 radical (unpaired) electrons. The monoisotopic (exact) mass is 283 g/mol. The molecule has 4 nitrogen and oxygen atoms in total. The van der Waals surface area contributed by atoms with Gasteiger partial charge in [-0.15, -0.1) is 11.3 Å². The van der Waals surface area contributed by atoms with E-state index in [9.17, 15) is 9.59 Å². The molecule has 19 heavy (non-hydrogen) atoms. The summed E-state index contributed by atoms with van der Waals surface area (Å²) in [6, 6.07) is 4.06. The fourth-order valence-electron chi connectivity index (χ4n) is 1.61. The Morgan fingerprint density at radius 2 is 2.21 bits per heavy atom. The van der Waals surface area contributed by atoms with Gasteiger partial charge in [0.25, 0.3) is 0 Å². The summed E-state index contributed by atoms with van der Waals surface area (Å²) in [5.74, 6) is -0.939. The summed E-state index contributed by atoms with van der Waals surface area (Å²) in [6.07, 6.45) is 2.63. The third kappa shape index (κ3) is 5.03. The second-order valence-electron chi connectivity index (χ2n) is 4.93. The van der Waals surface area contributed by atoms with Gasteiger partial charge in [-0.25, -0.2) is 0 Å². The summed E-state index contributed by atoms with van der Waals surface area (Å²) in [7, 11) is 0. The lowest BCUT2D eigenvalue weighted by atomic mass is 9.87. The molecule has 1 atom stereocenters. The van der Waals surface area contributed by atoms with Crippen LogP contribution in [-0.4, -0.2) is 23.5 Å². The quantitative estimate of drug-likeness (QED) is 0.771. The molecule has 2 N–H and O–H groups in total. The number of hydrogen-bond acceptors (Lipinski definition) is 3. The number of nitrogens with one attached hydrogen (secondary N) is 1. The molecule has 1 amide bonds. The number of amides is 1. The van der Waals surface area contributed by atoms with E-state index >= 15 is 0 Å². The van der Waals surface area contributed by atoms with E-state index in [1.54, 1.807) is 18.3 Å². The van der Waals surface area contributed by atoms with E-state index in [2.05, 4.69) is 11.4 Å². The smallest absolute Gasteiger partial charge is 0.311 e. The number of thiophene rings is 1. The number of rotatable bonds is 8. The number of carbonyl (C=O) groups is 2. The van der Waals surface area contributed by atoms with Crippen LogP contribution in [0.5, 0.6) is 0 Å². The zero-order valence-corrected chi connectivity index (χ0v) is 12.3. The van der Waals surface area contributed by atoms with E-state index in [1.807, 2.05) is 18.4 Å². The van der Waals surface area contributed by atoms with Gasteiger partial charge in [0.05, 0.1) is 5.41 Å². The fraction of sp³-hybridized carbons (Fsp3) is 0.571. The van der Waals surface area contributed by atoms with Gasteiger partial charge in [0.15, 0.2) is 0 Å². The maximum atomic E-state index is 11.7.